The van der Waals surface area contributed by atoms with Crippen molar-refractivity contribution in [1.29, 1.82) is 0 Å². The maximum absolute atomic E-state index is 12.1. The fourth-order valence-electron chi connectivity index (χ4n) is 2.08. The standard InChI is InChI=1S/C16H14BrN5O/c1-10-11(2)22(9-20-10)14-5-3-13(4-6-14)21-16(23)15-18-7-12(17)8-19-15/h3-9H,1-2H3,(H,21,23). The van der Waals surface area contributed by atoms with Crippen LogP contribution in [0, 0.1) is 13.8 Å². The number of rotatable bonds is 3. The van der Waals surface area contributed by atoms with Crippen LogP contribution in [0.2, 0.25) is 0 Å². The molecule has 3 rings (SSSR count). The van der Waals surface area contributed by atoms with Gasteiger partial charge in [-0.05, 0) is 54.0 Å². The molecular weight excluding hydrogens is 358 g/mol. The van der Waals surface area contributed by atoms with Gasteiger partial charge in [0.2, 0.25) is 5.82 Å². The second kappa shape index (κ2) is 6.29. The number of hydrogen-bond donors (Lipinski definition) is 1. The summed E-state index contributed by atoms with van der Waals surface area (Å²) in [5.41, 5.74) is 3.75. The van der Waals surface area contributed by atoms with Crippen LogP contribution in [0.15, 0.2) is 47.5 Å². The molecule has 3 aromatic rings. The van der Waals surface area contributed by atoms with Gasteiger partial charge in [-0.25, -0.2) is 15.0 Å². The quantitative estimate of drug-likeness (QED) is 0.766. The number of carbonyl (C=O) groups is 1. The number of aromatic nitrogens is 4. The maximum atomic E-state index is 12.1. The first-order chi connectivity index (χ1) is 11.0. The number of halogens is 1. The molecule has 7 heteroatoms. The fourth-order valence-corrected chi connectivity index (χ4v) is 2.29. The molecule has 2 aromatic heterocycles. The highest BCUT2D eigenvalue weighted by Gasteiger charge is 2.10. The molecule has 1 amide bonds. The Morgan fingerprint density at radius 3 is 2.30 bits per heavy atom. The lowest BCUT2D eigenvalue weighted by molar-refractivity contribution is 0.101. The number of anilines is 1. The van der Waals surface area contributed by atoms with Gasteiger partial charge in [0.05, 0.1) is 16.5 Å². The molecule has 2 heterocycles. The third-order valence-corrected chi connectivity index (χ3v) is 3.89. The van der Waals surface area contributed by atoms with Crippen molar-refractivity contribution in [3.05, 3.63) is 64.7 Å². The van der Waals surface area contributed by atoms with E-state index >= 15 is 0 Å². The summed E-state index contributed by atoms with van der Waals surface area (Å²) < 4.78 is 2.73. The van der Waals surface area contributed by atoms with E-state index in [1.165, 1.54) is 12.4 Å². The number of carbonyl (C=O) groups excluding carboxylic acids is 1. The first-order valence-corrected chi connectivity index (χ1v) is 7.74. The van der Waals surface area contributed by atoms with Gasteiger partial charge >= 0.3 is 0 Å². The van der Waals surface area contributed by atoms with E-state index in [2.05, 4.69) is 36.2 Å². The van der Waals surface area contributed by atoms with Crippen LogP contribution in [0.3, 0.4) is 0 Å². The number of aryl methyl sites for hydroxylation is 1. The predicted molar refractivity (Wildman–Crippen MR) is 90.7 cm³/mol. The smallest absolute Gasteiger partial charge is 0.293 e. The van der Waals surface area contributed by atoms with Gasteiger partial charge in [-0.15, -0.1) is 0 Å². The van der Waals surface area contributed by atoms with E-state index in [4.69, 9.17) is 0 Å². The van der Waals surface area contributed by atoms with Gasteiger partial charge in [-0.2, -0.15) is 0 Å². The highest BCUT2D eigenvalue weighted by Crippen LogP contribution is 2.17. The third kappa shape index (κ3) is 3.29. The second-order valence-electron chi connectivity index (χ2n) is 5.01. The summed E-state index contributed by atoms with van der Waals surface area (Å²) in [7, 11) is 0. The number of hydrogen-bond acceptors (Lipinski definition) is 4. The van der Waals surface area contributed by atoms with Crippen molar-refractivity contribution in [2.45, 2.75) is 13.8 Å². The SMILES string of the molecule is Cc1ncn(-c2ccc(NC(=O)c3ncc(Br)cn3)cc2)c1C. The Morgan fingerprint density at radius 1 is 1.09 bits per heavy atom. The molecule has 0 spiro atoms. The van der Waals surface area contributed by atoms with E-state index in [1.54, 1.807) is 6.33 Å². The average molecular weight is 372 g/mol. The van der Waals surface area contributed by atoms with E-state index in [9.17, 15) is 4.79 Å². The first kappa shape index (κ1) is 15.4. The molecule has 116 valence electrons. The van der Waals surface area contributed by atoms with Gasteiger partial charge in [0.15, 0.2) is 0 Å². The fraction of sp³-hybridized carbons (Fsp3) is 0.125. The monoisotopic (exact) mass is 371 g/mol. The topological polar surface area (TPSA) is 72.7 Å². The summed E-state index contributed by atoms with van der Waals surface area (Å²) in [6, 6.07) is 7.51. The molecule has 0 saturated carbocycles. The molecular formula is C16H14BrN5O. The first-order valence-electron chi connectivity index (χ1n) is 6.94. The Morgan fingerprint density at radius 2 is 1.74 bits per heavy atom. The molecule has 0 bridgehead atoms. The van der Waals surface area contributed by atoms with Crippen molar-refractivity contribution in [2.24, 2.45) is 0 Å². The molecule has 6 nitrogen and oxygen atoms in total. The van der Waals surface area contributed by atoms with Gasteiger partial charge in [0.1, 0.15) is 0 Å². The predicted octanol–water partition coefficient (Wildman–Crippen LogP) is 3.29. The Bertz CT molecular complexity index is 840. The molecule has 0 aliphatic carbocycles. The lowest BCUT2D eigenvalue weighted by atomic mass is 10.2. The van der Waals surface area contributed by atoms with E-state index in [-0.39, 0.29) is 11.7 Å². The zero-order valence-electron chi connectivity index (χ0n) is 12.6. The van der Waals surface area contributed by atoms with Crippen LogP contribution in [-0.2, 0) is 0 Å². The van der Waals surface area contributed by atoms with Crippen LogP contribution in [-0.4, -0.2) is 25.4 Å². The van der Waals surface area contributed by atoms with Crippen LogP contribution in [0.4, 0.5) is 5.69 Å². The van der Waals surface area contributed by atoms with Gasteiger partial charge in [0, 0.05) is 29.5 Å². The zero-order valence-corrected chi connectivity index (χ0v) is 14.2. The number of imidazole rings is 1. The van der Waals surface area contributed by atoms with Crippen LogP contribution in [0.5, 0.6) is 0 Å². The van der Waals surface area contributed by atoms with Crippen molar-refractivity contribution in [3.63, 3.8) is 0 Å². The summed E-state index contributed by atoms with van der Waals surface area (Å²) in [6.07, 6.45) is 4.86. The van der Waals surface area contributed by atoms with E-state index in [0.717, 1.165) is 21.5 Å². The van der Waals surface area contributed by atoms with E-state index in [1.807, 2.05) is 42.7 Å². The van der Waals surface area contributed by atoms with Crippen LogP contribution >= 0.6 is 15.9 Å². The average Bonchev–Trinajstić information content (AvgIpc) is 2.88. The highest BCUT2D eigenvalue weighted by atomic mass is 79.9. The van der Waals surface area contributed by atoms with Crippen LogP contribution < -0.4 is 5.32 Å². The number of benzene rings is 1. The highest BCUT2D eigenvalue weighted by molar-refractivity contribution is 9.10. The zero-order chi connectivity index (χ0) is 16.4. The molecule has 0 unspecified atom stereocenters. The molecule has 0 radical (unpaired) electrons. The molecule has 0 atom stereocenters. The van der Waals surface area contributed by atoms with Crippen molar-refractivity contribution in [2.75, 3.05) is 5.32 Å². The lowest BCUT2D eigenvalue weighted by Crippen LogP contribution is -2.15. The minimum Gasteiger partial charge on any atom is -0.319 e. The minimum atomic E-state index is -0.347. The summed E-state index contributed by atoms with van der Waals surface area (Å²) in [5, 5.41) is 2.77. The molecule has 0 aliphatic heterocycles. The normalized spacial score (nSPS) is 10.6. The van der Waals surface area contributed by atoms with Crippen molar-refractivity contribution < 1.29 is 4.79 Å². The Kier molecular flexibility index (Phi) is 4.20. The summed E-state index contributed by atoms with van der Waals surface area (Å²) in [6.45, 7) is 3.99. The van der Waals surface area contributed by atoms with Crippen LogP contribution in [0.1, 0.15) is 22.0 Å². The Labute approximate surface area is 141 Å². The third-order valence-electron chi connectivity index (χ3n) is 3.48. The Hall–Kier alpha value is -2.54. The van der Waals surface area contributed by atoms with E-state index < -0.39 is 0 Å². The molecule has 1 N–H and O–H groups in total. The minimum absolute atomic E-state index is 0.123. The van der Waals surface area contributed by atoms with Gasteiger partial charge in [0.25, 0.3) is 5.91 Å². The molecule has 1 aromatic carbocycles. The van der Waals surface area contributed by atoms with Crippen molar-refractivity contribution in [3.8, 4) is 5.69 Å². The maximum Gasteiger partial charge on any atom is 0.293 e. The van der Waals surface area contributed by atoms with Gasteiger partial charge < -0.3 is 9.88 Å². The number of nitrogens with zero attached hydrogens (tertiary/aromatic N) is 4. The molecule has 0 saturated heterocycles. The molecule has 0 fully saturated rings. The van der Waals surface area contributed by atoms with E-state index in [0.29, 0.717) is 5.69 Å². The van der Waals surface area contributed by atoms with Crippen LogP contribution in [0.25, 0.3) is 5.69 Å². The van der Waals surface area contributed by atoms with Gasteiger partial charge in [-0.1, -0.05) is 0 Å². The Balaban J connectivity index is 1.76. The second-order valence-corrected chi connectivity index (χ2v) is 5.93. The number of nitrogens with one attached hydrogen (secondary N) is 1. The molecule has 0 aliphatic rings. The van der Waals surface area contributed by atoms with Crippen molar-refractivity contribution in [1.82, 2.24) is 19.5 Å². The summed E-state index contributed by atoms with van der Waals surface area (Å²) in [4.78, 5) is 24.3. The van der Waals surface area contributed by atoms with Crippen molar-refractivity contribution >= 4 is 27.5 Å². The number of amides is 1. The van der Waals surface area contributed by atoms with Gasteiger partial charge in [-0.3, -0.25) is 4.79 Å². The lowest BCUT2D eigenvalue weighted by Gasteiger charge is -2.08. The largest absolute Gasteiger partial charge is 0.319 e. The molecule has 23 heavy (non-hydrogen) atoms. The summed E-state index contributed by atoms with van der Waals surface area (Å²) in [5.74, 6) is -0.224. The summed E-state index contributed by atoms with van der Waals surface area (Å²) >= 11 is 3.23.